The first-order valence-electron chi connectivity index (χ1n) is 12.4. The number of nitrogens with zero attached hydrogens (tertiary/aromatic N) is 1. The molecule has 4 rings (SSSR count). The Labute approximate surface area is 223 Å². The van der Waals surface area contributed by atoms with Crippen LogP contribution in [0.4, 0.5) is 5.69 Å². The molecule has 0 spiro atoms. The number of aliphatic carboxylic acids is 1. The molecule has 0 amide bonds. The highest BCUT2D eigenvalue weighted by Crippen LogP contribution is 2.32. The summed E-state index contributed by atoms with van der Waals surface area (Å²) in [4.78, 5) is 21.9. The van der Waals surface area contributed by atoms with E-state index in [1.54, 1.807) is 14.0 Å². The molecule has 1 aliphatic rings. The number of fused-ring (bicyclic) bond motifs is 1. The molecular formula is C31H33NO6. The second kappa shape index (κ2) is 14.3. The van der Waals surface area contributed by atoms with Crippen LogP contribution in [0.2, 0.25) is 0 Å². The van der Waals surface area contributed by atoms with E-state index in [4.69, 9.17) is 24.5 Å². The fraction of sp³-hybridized carbons (Fsp3) is 0.290. The van der Waals surface area contributed by atoms with Gasteiger partial charge in [0.1, 0.15) is 18.1 Å². The standard InChI is InChI=1S/C30H31NO4.CH2O2/c1-3-6-26(18-30(32)33)24-10-13-27(14-11-24)35-21-23-8-4-7-22(17-23)20-31-16-5-9-25-12-15-28(34-2)19-29(25)31;2-1-3/h4,7-8,10-15,17,19,26H,5,9,16,18,20-21H2,1-2H3,(H,32,33);1H,(H,2,3). The van der Waals surface area contributed by atoms with Gasteiger partial charge < -0.3 is 24.6 Å². The molecule has 7 heteroatoms. The van der Waals surface area contributed by atoms with Crippen LogP contribution < -0.4 is 14.4 Å². The zero-order valence-electron chi connectivity index (χ0n) is 21.7. The van der Waals surface area contributed by atoms with Gasteiger partial charge in [-0.25, -0.2) is 0 Å². The summed E-state index contributed by atoms with van der Waals surface area (Å²) in [7, 11) is 1.71. The molecule has 0 fully saturated rings. The average Bonchev–Trinajstić information content (AvgIpc) is 2.92. The second-order valence-electron chi connectivity index (χ2n) is 8.85. The predicted molar refractivity (Wildman–Crippen MR) is 147 cm³/mol. The number of ether oxygens (including phenoxy) is 2. The molecule has 7 nitrogen and oxygen atoms in total. The molecule has 3 aromatic rings. The summed E-state index contributed by atoms with van der Waals surface area (Å²) >= 11 is 0. The Balaban J connectivity index is 0.00000127. The Bertz CT molecular complexity index is 1280. The first kappa shape index (κ1) is 28.1. The topological polar surface area (TPSA) is 96.3 Å². The van der Waals surface area contributed by atoms with Crippen LogP contribution in [0.15, 0.2) is 66.7 Å². The van der Waals surface area contributed by atoms with E-state index >= 15 is 0 Å². The van der Waals surface area contributed by atoms with Crippen LogP contribution in [0.25, 0.3) is 0 Å². The maximum Gasteiger partial charge on any atom is 0.304 e. The van der Waals surface area contributed by atoms with Gasteiger partial charge >= 0.3 is 5.97 Å². The van der Waals surface area contributed by atoms with Crippen LogP contribution >= 0.6 is 0 Å². The lowest BCUT2D eigenvalue weighted by Crippen LogP contribution is -2.28. The van der Waals surface area contributed by atoms with Crippen LogP contribution in [0.1, 0.15) is 47.9 Å². The van der Waals surface area contributed by atoms with Gasteiger partial charge in [0.2, 0.25) is 0 Å². The van der Waals surface area contributed by atoms with Crippen molar-refractivity contribution in [3.63, 3.8) is 0 Å². The zero-order valence-corrected chi connectivity index (χ0v) is 21.7. The number of rotatable bonds is 9. The maximum absolute atomic E-state index is 11.1. The third-order valence-electron chi connectivity index (χ3n) is 6.26. The van der Waals surface area contributed by atoms with Crippen LogP contribution in [-0.2, 0) is 29.2 Å². The smallest absolute Gasteiger partial charge is 0.304 e. The summed E-state index contributed by atoms with van der Waals surface area (Å²) in [6, 6.07) is 22.4. The van der Waals surface area contributed by atoms with Crippen LogP contribution in [0.5, 0.6) is 11.5 Å². The molecule has 0 aliphatic carbocycles. The van der Waals surface area contributed by atoms with Gasteiger partial charge in [-0.1, -0.05) is 48.4 Å². The van der Waals surface area contributed by atoms with Crippen LogP contribution in [-0.4, -0.2) is 36.3 Å². The molecule has 2 N–H and O–H groups in total. The number of aryl methyl sites for hydroxylation is 1. The molecule has 1 unspecified atom stereocenters. The molecule has 0 bridgehead atoms. The van der Waals surface area contributed by atoms with Crippen LogP contribution in [0.3, 0.4) is 0 Å². The van der Waals surface area contributed by atoms with Crippen molar-refractivity contribution < 1.29 is 29.3 Å². The second-order valence-corrected chi connectivity index (χ2v) is 8.85. The molecule has 0 radical (unpaired) electrons. The number of carboxylic acid groups (broad SMARTS) is 2. The number of methoxy groups -OCH3 is 1. The van der Waals surface area contributed by atoms with E-state index in [0.717, 1.165) is 48.6 Å². The van der Waals surface area contributed by atoms with Crippen molar-refractivity contribution in [3.05, 3.63) is 89.0 Å². The van der Waals surface area contributed by atoms with Crippen LogP contribution in [0, 0.1) is 11.8 Å². The Kier molecular flexibility index (Phi) is 10.6. The quantitative estimate of drug-likeness (QED) is 0.287. The Morgan fingerprint density at radius 3 is 2.47 bits per heavy atom. The summed E-state index contributed by atoms with van der Waals surface area (Å²) in [6.45, 7) is 3.80. The van der Waals surface area contributed by atoms with E-state index in [9.17, 15) is 4.79 Å². The Hall–Kier alpha value is -4.44. The Morgan fingerprint density at radius 2 is 1.79 bits per heavy atom. The van der Waals surface area contributed by atoms with Gasteiger partial charge in [0.15, 0.2) is 0 Å². The third kappa shape index (κ3) is 8.04. The highest BCUT2D eigenvalue weighted by atomic mass is 16.5. The molecule has 0 aromatic heterocycles. The van der Waals surface area contributed by atoms with E-state index in [1.807, 2.05) is 30.3 Å². The van der Waals surface area contributed by atoms with E-state index in [0.29, 0.717) is 6.61 Å². The molecular weight excluding hydrogens is 482 g/mol. The summed E-state index contributed by atoms with van der Waals surface area (Å²) in [5.74, 6) is 6.26. The van der Waals surface area contributed by atoms with Crippen molar-refractivity contribution in [1.82, 2.24) is 0 Å². The van der Waals surface area contributed by atoms with Crippen molar-refractivity contribution in [1.29, 1.82) is 0 Å². The zero-order chi connectivity index (χ0) is 27.3. The maximum atomic E-state index is 11.1. The normalized spacial score (nSPS) is 12.5. The third-order valence-corrected chi connectivity index (χ3v) is 6.26. The summed E-state index contributed by atoms with van der Waals surface area (Å²) < 4.78 is 11.5. The monoisotopic (exact) mass is 515 g/mol. The van der Waals surface area contributed by atoms with Gasteiger partial charge in [0.25, 0.3) is 6.47 Å². The summed E-state index contributed by atoms with van der Waals surface area (Å²) in [5, 5.41) is 16.0. The van der Waals surface area contributed by atoms with Gasteiger partial charge in [-0.3, -0.25) is 9.59 Å². The number of carbonyl (C=O) groups is 2. The molecule has 3 aromatic carbocycles. The fourth-order valence-corrected chi connectivity index (χ4v) is 4.52. The largest absolute Gasteiger partial charge is 0.497 e. The average molecular weight is 516 g/mol. The van der Waals surface area contributed by atoms with E-state index in [-0.39, 0.29) is 18.8 Å². The van der Waals surface area contributed by atoms with Gasteiger partial charge in [0.05, 0.1) is 19.4 Å². The lowest BCUT2D eigenvalue weighted by molar-refractivity contribution is -0.137. The van der Waals surface area contributed by atoms with Gasteiger partial charge in [-0.05, 0) is 60.2 Å². The molecule has 198 valence electrons. The Morgan fingerprint density at radius 1 is 1.08 bits per heavy atom. The van der Waals surface area contributed by atoms with E-state index in [1.165, 1.54) is 16.8 Å². The van der Waals surface area contributed by atoms with E-state index in [2.05, 4.69) is 53.1 Å². The first-order valence-corrected chi connectivity index (χ1v) is 12.4. The van der Waals surface area contributed by atoms with E-state index < -0.39 is 5.97 Å². The lowest BCUT2D eigenvalue weighted by atomic mass is 9.96. The summed E-state index contributed by atoms with van der Waals surface area (Å²) in [5.41, 5.74) is 5.86. The summed E-state index contributed by atoms with van der Waals surface area (Å²) in [6.07, 6.45) is 2.24. The predicted octanol–water partition coefficient (Wildman–Crippen LogP) is 5.51. The SMILES string of the molecule is CC#CC(CC(=O)O)c1ccc(OCc2cccc(CN3CCCc4ccc(OC)cc43)c2)cc1.O=CO. The number of hydrogen-bond donors (Lipinski definition) is 2. The highest BCUT2D eigenvalue weighted by molar-refractivity contribution is 5.69. The molecule has 38 heavy (non-hydrogen) atoms. The lowest BCUT2D eigenvalue weighted by Gasteiger charge is -2.32. The number of carboxylic acids is 1. The number of hydrogen-bond acceptors (Lipinski definition) is 5. The van der Waals surface area contributed by atoms with Crippen molar-refractivity contribution in [2.45, 2.75) is 45.3 Å². The fourth-order valence-electron chi connectivity index (χ4n) is 4.52. The van der Waals surface area contributed by atoms with Gasteiger partial charge in [-0.2, -0.15) is 0 Å². The van der Waals surface area contributed by atoms with Gasteiger partial charge in [0, 0.05) is 24.8 Å². The first-order chi connectivity index (χ1) is 18.5. The molecule has 1 heterocycles. The minimum absolute atomic E-state index is 0.0118. The van der Waals surface area contributed by atoms with Gasteiger partial charge in [-0.15, -0.1) is 5.92 Å². The van der Waals surface area contributed by atoms with Crippen molar-refractivity contribution >= 4 is 18.1 Å². The van der Waals surface area contributed by atoms with Crippen molar-refractivity contribution in [2.75, 3.05) is 18.6 Å². The van der Waals surface area contributed by atoms with Crippen molar-refractivity contribution in [2.24, 2.45) is 0 Å². The highest BCUT2D eigenvalue weighted by Gasteiger charge is 2.18. The van der Waals surface area contributed by atoms with Crippen molar-refractivity contribution in [3.8, 4) is 23.3 Å². The molecule has 0 saturated carbocycles. The minimum Gasteiger partial charge on any atom is -0.497 e. The number of benzene rings is 3. The minimum atomic E-state index is -0.856. The molecule has 0 saturated heterocycles. The molecule has 1 aliphatic heterocycles. The number of anilines is 1. The molecule has 1 atom stereocenters.